The molecule has 1 atom stereocenters. The molecule has 5 nitrogen and oxygen atoms in total. The first-order valence-corrected chi connectivity index (χ1v) is 8.57. The minimum atomic E-state index is -4.68. The van der Waals surface area contributed by atoms with Crippen LogP contribution in [0.15, 0.2) is 42.6 Å². The number of hydrogen-bond acceptors (Lipinski definition) is 5. The maximum absolute atomic E-state index is 12.3. The lowest BCUT2D eigenvalue weighted by atomic mass is 10.1. The number of benzene rings is 1. The van der Waals surface area contributed by atoms with Gasteiger partial charge in [-0.15, -0.1) is 13.2 Å². The number of hydrogen-bond donors (Lipinski definition) is 0. The second kappa shape index (κ2) is 7.84. The summed E-state index contributed by atoms with van der Waals surface area (Å²) >= 11 is 0. The third-order valence-corrected chi connectivity index (χ3v) is 4.66. The molecule has 2 aromatic rings. The molecule has 2 heterocycles. The van der Waals surface area contributed by atoms with Crippen LogP contribution in [0.25, 0.3) is 0 Å². The Morgan fingerprint density at radius 3 is 2.37 bits per heavy atom. The number of anilines is 1. The first kappa shape index (κ1) is 19.0. The Bertz CT molecular complexity index is 809. The van der Waals surface area contributed by atoms with Gasteiger partial charge in [-0.25, -0.2) is 4.98 Å². The number of nitriles is 1. The summed E-state index contributed by atoms with van der Waals surface area (Å²) in [6.45, 7) is 5.01. The molecule has 0 aliphatic carbocycles. The first-order chi connectivity index (χ1) is 12.9. The summed E-state index contributed by atoms with van der Waals surface area (Å²) in [6.07, 6.45) is -3.01. The Morgan fingerprint density at radius 2 is 1.78 bits per heavy atom. The molecule has 142 valence electrons. The van der Waals surface area contributed by atoms with E-state index in [1.807, 2.05) is 6.92 Å². The number of aromatic nitrogens is 1. The lowest BCUT2D eigenvalue weighted by Crippen LogP contribution is -2.47. The van der Waals surface area contributed by atoms with Gasteiger partial charge in [0.1, 0.15) is 17.6 Å². The Hall–Kier alpha value is -2.79. The van der Waals surface area contributed by atoms with Crippen LogP contribution in [0.2, 0.25) is 0 Å². The fourth-order valence-corrected chi connectivity index (χ4v) is 3.22. The normalized spacial score (nSPS) is 16.6. The summed E-state index contributed by atoms with van der Waals surface area (Å²) in [5.74, 6) is 0.475. The van der Waals surface area contributed by atoms with Crippen LogP contribution in [0.4, 0.5) is 19.0 Å². The van der Waals surface area contributed by atoms with Gasteiger partial charge in [0.15, 0.2) is 0 Å². The predicted octanol–water partition coefficient (Wildman–Crippen LogP) is 3.74. The van der Waals surface area contributed by atoms with Crippen LogP contribution in [0.1, 0.15) is 24.1 Å². The predicted molar refractivity (Wildman–Crippen MR) is 94.3 cm³/mol. The van der Waals surface area contributed by atoms with E-state index in [-0.39, 0.29) is 11.8 Å². The van der Waals surface area contributed by atoms with E-state index in [1.54, 1.807) is 30.5 Å². The van der Waals surface area contributed by atoms with Crippen LogP contribution in [-0.2, 0) is 0 Å². The van der Waals surface area contributed by atoms with Crippen LogP contribution in [0, 0.1) is 11.3 Å². The standard InChI is InChI=1S/C19H19F3N4O/c1-14(15-4-6-17(7-5-15)27-19(20,21)22)25-9-11-26(12-10-25)18-16(13-23)3-2-8-24-18/h2-8,14H,9-12H2,1H3. The summed E-state index contributed by atoms with van der Waals surface area (Å²) in [4.78, 5) is 8.66. The smallest absolute Gasteiger partial charge is 0.406 e. The molecular formula is C19H19F3N4O. The maximum Gasteiger partial charge on any atom is 0.573 e. The summed E-state index contributed by atoms with van der Waals surface area (Å²) < 4.78 is 40.7. The Balaban J connectivity index is 1.61. The van der Waals surface area contributed by atoms with E-state index in [4.69, 9.17) is 0 Å². The molecule has 0 bridgehead atoms. The number of rotatable bonds is 4. The third-order valence-electron chi connectivity index (χ3n) is 4.66. The fraction of sp³-hybridized carbons (Fsp3) is 0.368. The van der Waals surface area contributed by atoms with Crippen molar-refractivity contribution in [2.75, 3.05) is 31.1 Å². The Labute approximate surface area is 155 Å². The third kappa shape index (κ3) is 4.68. The molecule has 3 rings (SSSR count). The van der Waals surface area contributed by atoms with Crippen molar-refractivity contribution in [3.63, 3.8) is 0 Å². The van der Waals surface area contributed by atoms with Crippen molar-refractivity contribution >= 4 is 5.82 Å². The highest BCUT2D eigenvalue weighted by atomic mass is 19.4. The molecule has 1 aromatic carbocycles. The number of alkyl halides is 3. The van der Waals surface area contributed by atoms with Crippen molar-refractivity contribution in [1.29, 1.82) is 5.26 Å². The second-order valence-corrected chi connectivity index (χ2v) is 6.30. The fourth-order valence-electron chi connectivity index (χ4n) is 3.22. The van der Waals surface area contributed by atoms with Gasteiger partial charge in [-0.3, -0.25) is 4.90 Å². The lowest BCUT2D eigenvalue weighted by molar-refractivity contribution is -0.274. The highest BCUT2D eigenvalue weighted by Crippen LogP contribution is 2.28. The maximum atomic E-state index is 12.3. The molecule has 1 aliphatic heterocycles. The molecule has 0 amide bonds. The SMILES string of the molecule is CC(c1ccc(OC(F)(F)F)cc1)N1CCN(c2ncccc2C#N)CC1. The van der Waals surface area contributed by atoms with Crippen LogP contribution in [0.3, 0.4) is 0 Å². The zero-order valence-electron chi connectivity index (χ0n) is 14.8. The van der Waals surface area contributed by atoms with Gasteiger partial charge in [0.25, 0.3) is 0 Å². The summed E-state index contributed by atoms with van der Waals surface area (Å²) in [7, 11) is 0. The molecule has 1 unspecified atom stereocenters. The van der Waals surface area contributed by atoms with E-state index in [0.717, 1.165) is 31.7 Å². The molecule has 0 radical (unpaired) electrons. The van der Waals surface area contributed by atoms with Crippen molar-refractivity contribution in [2.24, 2.45) is 0 Å². The monoisotopic (exact) mass is 376 g/mol. The van der Waals surface area contributed by atoms with Crippen LogP contribution in [0.5, 0.6) is 5.75 Å². The van der Waals surface area contributed by atoms with Gasteiger partial charge in [0.2, 0.25) is 0 Å². The quantitative estimate of drug-likeness (QED) is 0.814. The molecule has 1 saturated heterocycles. The average Bonchev–Trinajstić information content (AvgIpc) is 2.67. The molecule has 1 fully saturated rings. The van der Waals surface area contributed by atoms with Gasteiger partial charge in [-0.1, -0.05) is 12.1 Å². The number of ether oxygens (including phenoxy) is 1. The number of halogens is 3. The van der Waals surface area contributed by atoms with E-state index in [1.165, 1.54) is 12.1 Å². The van der Waals surface area contributed by atoms with Crippen molar-refractivity contribution in [2.45, 2.75) is 19.3 Å². The van der Waals surface area contributed by atoms with Crippen molar-refractivity contribution in [1.82, 2.24) is 9.88 Å². The van der Waals surface area contributed by atoms with Crippen LogP contribution in [-0.4, -0.2) is 42.4 Å². The Morgan fingerprint density at radius 1 is 1.11 bits per heavy atom. The molecule has 8 heteroatoms. The zero-order valence-corrected chi connectivity index (χ0v) is 14.8. The minimum Gasteiger partial charge on any atom is -0.406 e. The molecule has 1 aliphatic rings. The Kier molecular flexibility index (Phi) is 5.51. The number of pyridine rings is 1. The average molecular weight is 376 g/mol. The molecule has 1 aromatic heterocycles. The topological polar surface area (TPSA) is 52.4 Å². The van der Waals surface area contributed by atoms with Gasteiger partial charge in [-0.05, 0) is 36.8 Å². The lowest BCUT2D eigenvalue weighted by Gasteiger charge is -2.39. The summed E-state index contributed by atoms with van der Waals surface area (Å²) in [5.41, 5.74) is 1.48. The summed E-state index contributed by atoms with van der Waals surface area (Å²) in [6, 6.07) is 11.7. The largest absolute Gasteiger partial charge is 0.573 e. The van der Waals surface area contributed by atoms with E-state index >= 15 is 0 Å². The van der Waals surface area contributed by atoms with Gasteiger partial charge in [0, 0.05) is 38.4 Å². The molecular weight excluding hydrogens is 357 g/mol. The first-order valence-electron chi connectivity index (χ1n) is 8.57. The van der Waals surface area contributed by atoms with Crippen molar-refractivity contribution < 1.29 is 17.9 Å². The van der Waals surface area contributed by atoms with E-state index in [2.05, 4.69) is 25.6 Å². The van der Waals surface area contributed by atoms with Gasteiger partial charge in [0.05, 0.1) is 5.56 Å². The number of piperazine rings is 1. The van der Waals surface area contributed by atoms with Crippen molar-refractivity contribution in [3.8, 4) is 11.8 Å². The van der Waals surface area contributed by atoms with E-state index in [9.17, 15) is 18.4 Å². The highest BCUT2D eigenvalue weighted by molar-refractivity contribution is 5.53. The second-order valence-electron chi connectivity index (χ2n) is 6.30. The van der Waals surface area contributed by atoms with E-state index in [0.29, 0.717) is 11.4 Å². The van der Waals surface area contributed by atoms with Gasteiger partial charge >= 0.3 is 6.36 Å². The van der Waals surface area contributed by atoms with E-state index < -0.39 is 6.36 Å². The minimum absolute atomic E-state index is 0.0613. The molecule has 27 heavy (non-hydrogen) atoms. The molecule has 0 saturated carbocycles. The van der Waals surface area contributed by atoms with Gasteiger partial charge in [-0.2, -0.15) is 5.26 Å². The van der Waals surface area contributed by atoms with Crippen LogP contribution >= 0.6 is 0 Å². The summed E-state index contributed by atoms with van der Waals surface area (Å²) in [5, 5.41) is 9.22. The zero-order chi connectivity index (χ0) is 19.4. The highest BCUT2D eigenvalue weighted by Gasteiger charge is 2.31. The van der Waals surface area contributed by atoms with Crippen LogP contribution < -0.4 is 9.64 Å². The van der Waals surface area contributed by atoms with Gasteiger partial charge < -0.3 is 9.64 Å². The molecule has 0 spiro atoms. The molecule has 0 N–H and O–H groups in total. The van der Waals surface area contributed by atoms with Crippen molar-refractivity contribution in [3.05, 3.63) is 53.7 Å². The number of nitrogens with zero attached hydrogens (tertiary/aromatic N) is 4.